The lowest BCUT2D eigenvalue weighted by Gasteiger charge is -2.25. The van der Waals surface area contributed by atoms with Crippen molar-refractivity contribution in [2.45, 2.75) is 37.5 Å². The fraction of sp³-hybridized carbons (Fsp3) is 0.471. The zero-order valence-corrected chi connectivity index (χ0v) is 11.6. The Kier molecular flexibility index (Phi) is 2.62. The zero-order chi connectivity index (χ0) is 13.6. The predicted molar refractivity (Wildman–Crippen MR) is 79.6 cm³/mol. The molecule has 2 aliphatic rings. The van der Waals surface area contributed by atoms with Gasteiger partial charge in [0, 0.05) is 35.0 Å². The Hall–Kier alpha value is -1.77. The van der Waals surface area contributed by atoms with E-state index >= 15 is 0 Å². The van der Waals surface area contributed by atoms with Crippen LogP contribution < -0.4 is 5.32 Å². The largest absolute Gasteiger partial charge is 0.361 e. The average Bonchev–Trinajstić information content (AvgIpc) is 3.06. The third-order valence-electron chi connectivity index (χ3n) is 5.09. The second-order valence-corrected chi connectivity index (χ2v) is 6.37. The van der Waals surface area contributed by atoms with Crippen LogP contribution in [0.15, 0.2) is 30.5 Å². The molecule has 1 heterocycles. The highest BCUT2D eigenvalue weighted by molar-refractivity contribution is 5.85. The number of aromatic nitrogens is 1. The van der Waals surface area contributed by atoms with Gasteiger partial charge in [-0.2, -0.15) is 0 Å². The van der Waals surface area contributed by atoms with Crippen LogP contribution in [-0.4, -0.2) is 17.4 Å². The Morgan fingerprint density at radius 3 is 2.80 bits per heavy atom. The molecule has 20 heavy (non-hydrogen) atoms. The number of benzene rings is 1. The molecular formula is C17H20N2O. The van der Waals surface area contributed by atoms with E-state index in [1.807, 2.05) is 0 Å². The number of amides is 1. The molecule has 2 aromatic rings. The number of hydrogen-bond donors (Lipinski definition) is 2. The first kappa shape index (κ1) is 12.0. The van der Waals surface area contributed by atoms with E-state index in [0.717, 1.165) is 19.4 Å². The molecule has 0 bridgehead atoms. The maximum atomic E-state index is 12.0. The van der Waals surface area contributed by atoms with Gasteiger partial charge in [0.25, 0.3) is 0 Å². The van der Waals surface area contributed by atoms with Crippen molar-refractivity contribution in [1.82, 2.24) is 10.3 Å². The molecule has 104 valence electrons. The summed E-state index contributed by atoms with van der Waals surface area (Å²) in [6.45, 7) is 0.796. The fourth-order valence-corrected chi connectivity index (χ4v) is 3.27. The second-order valence-electron chi connectivity index (χ2n) is 6.37. The molecule has 2 N–H and O–H groups in total. The van der Waals surface area contributed by atoms with Crippen LogP contribution in [0.2, 0.25) is 0 Å². The number of rotatable bonds is 4. The van der Waals surface area contributed by atoms with Crippen LogP contribution in [0.25, 0.3) is 10.9 Å². The van der Waals surface area contributed by atoms with E-state index in [9.17, 15) is 4.79 Å². The summed E-state index contributed by atoms with van der Waals surface area (Å²) < 4.78 is 0. The normalized spacial score (nSPS) is 20.6. The highest BCUT2D eigenvalue weighted by Crippen LogP contribution is 2.50. The lowest BCUT2D eigenvalue weighted by molar-refractivity contribution is -0.127. The number of H-pyrrole nitrogens is 1. The van der Waals surface area contributed by atoms with Gasteiger partial charge in [-0.15, -0.1) is 0 Å². The van der Waals surface area contributed by atoms with E-state index in [4.69, 9.17) is 0 Å². The van der Waals surface area contributed by atoms with Crippen molar-refractivity contribution >= 4 is 16.8 Å². The lowest BCUT2D eigenvalue weighted by Crippen LogP contribution is -2.38. The number of nitrogens with one attached hydrogen (secondary N) is 2. The SMILES string of the molecule is O=C(NCC1(c2c[nH]c3ccccc23)CC1)C1CCC1. The van der Waals surface area contributed by atoms with Gasteiger partial charge >= 0.3 is 0 Å². The molecule has 2 saturated carbocycles. The van der Waals surface area contributed by atoms with E-state index in [2.05, 4.69) is 40.8 Å². The zero-order valence-electron chi connectivity index (χ0n) is 11.6. The first-order valence-corrected chi connectivity index (χ1v) is 7.63. The molecule has 0 atom stereocenters. The van der Waals surface area contributed by atoms with Crippen molar-refractivity contribution in [2.24, 2.45) is 5.92 Å². The van der Waals surface area contributed by atoms with Crippen LogP contribution in [0.5, 0.6) is 0 Å². The molecule has 2 fully saturated rings. The highest BCUT2D eigenvalue weighted by atomic mass is 16.1. The van der Waals surface area contributed by atoms with Gasteiger partial charge in [0.2, 0.25) is 5.91 Å². The monoisotopic (exact) mass is 268 g/mol. The molecule has 1 aromatic heterocycles. The van der Waals surface area contributed by atoms with Crippen molar-refractivity contribution in [3.63, 3.8) is 0 Å². The van der Waals surface area contributed by atoms with Gasteiger partial charge in [-0.25, -0.2) is 0 Å². The molecule has 1 amide bonds. The third kappa shape index (κ3) is 1.84. The van der Waals surface area contributed by atoms with E-state index < -0.39 is 0 Å². The van der Waals surface area contributed by atoms with Gasteiger partial charge in [-0.05, 0) is 37.3 Å². The van der Waals surface area contributed by atoms with Gasteiger partial charge in [-0.1, -0.05) is 24.6 Å². The summed E-state index contributed by atoms with van der Waals surface area (Å²) in [5, 5.41) is 4.50. The first-order valence-electron chi connectivity index (χ1n) is 7.63. The van der Waals surface area contributed by atoms with Crippen LogP contribution in [-0.2, 0) is 10.2 Å². The topological polar surface area (TPSA) is 44.9 Å². The van der Waals surface area contributed by atoms with Gasteiger partial charge in [-0.3, -0.25) is 4.79 Å². The molecule has 0 aliphatic heterocycles. The molecule has 1 aromatic carbocycles. The van der Waals surface area contributed by atoms with Crippen LogP contribution in [0.1, 0.15) is 37.7 Å². The Morgan fingerprint density at radius 2 is 2.10 bits per heavy atom. The molecule has 2 aliphatic carbocycles. The first-order chi connectivity index (χ1) is 9.78. The van der Waals surface area contributed by atoms with E-state index in [1.165, 1.54) is 35.7 Å². The fourth-order valence-electron chi connectivity index (χ4n) is 3.27. The summed E-state index contributed by atoms with van der Waals surface area (Å²) in [7, 11) is 0. The number of para-hydroxylation sites is 1. The van der Waals surface area contributed by atoms with Crippen LogP contribution in [0, 0.1) is 5.92 Å². The quantitative estimate of drug-likeness (QED) is 0.879. The van der Waals surface area contributed by atoms with Crippen molar-refractivity contribution in [2.75, 3.05) is 6.54 Å². The predicted octanol–water partition coefficient (Wildman–Crippen LogP) is 3.12. The van der Waals surface area contributed by atoms with Crippen LogP contribution in [0.3, 0.4) is 0 Å². The number of fused-ring (bicyclic) bond motifs is 1. The molecule has 0 unspecified atom stereocenters. The standard InChI is InChI=1S/C17H20N2O/c20-16(12-4-3-5-12)19-11-17(8-9-17)14-10-18-15-7-2-1-6-13(14)15/h1-2,6-7,10,12,18H,3-5,8-9,11H2,(H,19,20). The molecule has 3 nitrogen and oxygen atoms in total. The van der Waals surface area contributed by atoms with Gasteiger partial charge < -0.3 is 10.3 Å². The van der Waals surface area contributed by atoms with E-state index in [1.54, 1.807) is 0 Å². The number of carbonyl (C=O) groups excluding carboxylic acids is 1. The summed E-state index contributed by atoms with van der Waals surface area (Å²) >= 11 is 0. The Balaban J connectivity index is 1.53. The number of carbonyl (C=O) groups is 1. The summed E-state index contributed by atoms with van der Waals surface area (Å²) in [4.78, 5) is 15.4. The van der Waals surface area contributed by atoms with Gasteiger partial charge in [0.05, 0.1) is 0 Å². The maximum Gasteiger partial charge on any atom is 0.223 e. The summed E-state index contributed by atoms with van der Waals surface area (Å²) in [6, 6.07) is 8.43. The lowest BCUT2D eigenvalue weighted by atomic mass is 9.84. The van der Waals surface area contributed by atoms with Crippen molar-refractivity contribution in [1.29, 1.82) is 0 Å². The van der Waals surface area contributed by atoms with Crippen molar-refractivity contribution in [3.8, 4) is 0 Å². The van der Waals surface area contributed by atoms with Crippen LogP contribution in [0.4, 0.5) is 0 Å². The van der Waals surface area contributed by atoms with Gasteiger partial charge in [0.1, 0.15) is 0 Å². The van der Waals surface area contributed by atoms with E-state index in [0.29, 0.717) is 0 Å². The molecular weight excluding hydrogens is 248 g/mol. The smallest absolute Gasteiger partial charge is 0.223 e. The Morgan fingerprint density at radius 1 is 1.30 bits per heavy atom. The van der Waals surface area contributed by atoms with Crippen LogP contribution >= 0.6 is 0 Å². The minimum atomic E-state index is 0.180. The van der Waals surface area contributed by atoms with Gasteiger partial charge in [0.15, 0.2) is 0 Å². The molecule has 0 radical (unpaired) electrons. The third-order valence-corrected chi connectivity index (χ3v) is 5.09. The maximum absolute atomic E-state index is 12.0. The molecule has 3 heteroatoms. The molecule has 0 spiro atoms. The molecule has 0 saturated heterocycles. The number of aromatic amines is 1. The number of hydrogen-bond acceptors (Lipinski definition) is 1. The summed E-state index contributed by atoms with van der Waals surface area (Å²) in [6.07, 6.45) is 7.86. The molecule has 4 rings (SSSR count). The van der Waals surface area contributed by atoms with Crippen molar-refractivity contribution in [3.05, 3.63) is 36.0 Å². The highest BCUT2D eigenvalue weighted by Gasteiger charge is 2.46. The minimum Gasteiger partial charge on any atom is -0.361 e. The average molecular weight is 268 g/mol. The minimum absolute atomic E-state index is 0.180. The second kappa shape index (κ2) is 4.37. The van der Waals surface area contributed by atoms with E-state index in [-0.39, 0.29) is 17.2 Å². The Bertz CT molecular complexity index is 650. The van der Waals surface area contributed by atoms with Crippen molar-refractivity contribution < 1.29 is 4.79 Å². The Labute approximate surface area is 118 Å². The summed E-state index contributed by atoms with van der Waals surface area (Å²) in [5.41, 5.74) is 2.75. The summed E-state index contributed by atoms with van der Waals surface area (Å²) in [5.74, 6) is 0.552.